The second-order valence-electron chi connectivity index (χ2n) is 5.88. The van der Waals surface area contributed by atoms with Crippen LogP contribution in [0.4, 0.5) is 0 Å². The fourth-order valence-electron chi connectivity index (χ4n) is 3.41. The predicted molar refractivity (Wildman–Crippen MR) is 84.1 cm³/mol. The molecule has 1 amide bonds. The van der Waals surface area contributed by atoms with Crippen molar-refractivity contribution in [2.45, 2.75) is 45.7 Å². The van der Waals surface area contributed by atoms with Crippen molar-refractivity contribution < 1.29 is 4.79 Å². The summed E-state index contributed by atoms with van der Waals surface area (Å²) < 4.78 is 0. The summed E-state index contributed by atoms with van der Waals surface area (Å²) in [7, 11) is 0. The number of nitrogens with one attached hydrogen (secondary N) is 1. The summed E-state index contributed by atoms with van der Waals surface area (Å²) in [6.45, 7) is 6.23. The zero-order valence-corrected chi connectivity index (χ0v) is 12.9. The Balaban J connectivity index is 2.15. The van der Waals surface area contributed by atoms with Crippen LogP contribution >= 0.6 is 0 Å². The van der Waals surface area contributed by atoms with Gasteiger partial charge in [-0.3, -0.25) is 4.79 Å². The van der Waals surface area contributed by atoms with Crippen molar-refractivity contribution in [3.05, 3.63) is 58.9 Å². The van der Waals surface area contributed by atoms with Crippen molar-refractivity contribution in [1.29, 1.82) is 0 Å². The monoisotopic (exact) mass is 282 g/mol. The molecule has 2 atom stereocenters. The molecule has 0 spiro atoms. The summed E-state index contributed by atoms with van der Waals surface area (Å²) in [6, 6.07) is 10.5. The summed E-state index contributed by atoms with van der Waals surface area (Å²) in [5.74, 6) is 0.217. The van der Waals surface area contributed by atoms with E-state index in [4.69, 9.17) is 0 Å². The first-order valence-electron chi connectivity index (χ1n) is 7.66. The predicted octanol–water partition coefficient (Wildman–Crippen LogP) is 3.60. The Morgan fingerprint density at radius 3 is 2.71 bits per heavy atom. The average Bonchev–Trinajstić information content (AvgIpc) is 2.87. The van der Waals surface area contributed by atoms with E-state index in [-0.39, 0.29) is 18.0 Å². The number of hydrogen-bond donors (Lipinski definition) is 1. The average molecular weight is 282 g/mol. The van der Waals surface area contributed by atoms with Crippen LogP contribution in [-0.2, 0) is 11.2 Å². The molecule has 1 N–H and O–H groups in total. The number of hydrogen-bond acceptors (Lipinski definition) is 1. The van der Waals surface area contributed by atoms with Gasteiger partial charge < -0.3 is 9.88 Å². The topological polar surface area (TPSA) is 36.1 Å². The van der Waals surface area contributed by atoms with E-state index in [1.807, 2.05) is 30.0 Å². The summed E-state index contributed by atoms with van der Waals surface area (Å²) in [5, 5.41) is 0. The summed E-state index contributed by atoms with van der Waals surface area (Å²) in [4.78, 5) is 17.9. The highest BCUT2D eigenvalue weighted by atomic mass is 16.2. The third-order valence-electron chi connectivity index (χ3n) is 4.48. The van der Waals surface area contributed by atoms with E-state index in [9.17, 15) is 4.79 Å². The molecule has 0 unspecified atom stereocenters. The summed E-state index contributed by atoms with van der Waals surface area (Å²) in [6.07, 6.45) is 3.54. The molecule has 1 aliphatic heterocycles. The minimum absolute atomic E-state index is 0.00565. The van der Waals surface area contributed by atoms with Crippen LogP contribution in [0.5, 0.6) is 0 Å². The fourth-order valence-corrected chi connectivity index (χ4v) is 3.41. The lowest BCUT2D eigenvalue weighted by Crippen LogP contribution is -2.46. The first-order chi connectivity index (χ1) is 10.1. The Morgan fingerprint density at radius 1 is 1.33 bits per heavy atom. The molecule has 3 rings (SSSR count). The number of benzene rings is 1. The molecule has 1 aromatic carbocycles. The molecule has 0 radical (unpaired) electrons. The van der Waals surface area contributed by atoms with Gasteiger partial charge in [0.25, 0.3) is 0 Å². The number of amides is 1. The van der Waals surface area contributed by atoms with Gasteiger partial charge in [-0.25, -0.2) is 0 Å². The van der Waals surface area contributed by atoms with Gasteiger partial charge in [-0.05, 0) is 37.0 Å². The number of aryl methyl sites for hydroxylation is 1. The van der Waals surface area contributed by atoms with Crippen LogP contribution in [0.25, 0.3) is 0 Å². The maximum atomic E-state index is 12.5. The first-order valence-corrected chi connectivity index (χ1v) is 7.66. The highest BCUT2D eigenvalue weighted by Crippen LogP contribution is 2.38. The Labute approximate surface area is 126 Å². The minimum Gasteiger partial charge on any atom is -0.363 e. The first kappa shape index (κ1) is 13.9. The van der Waals surface area contributed by atoms with E-state index in [2.05, 4.69) is 37.2 Å². The number of H-pyrrole nitrogens is 1. The van der Waals surface area contributed by atoms with Gasteiger partial charge in [0.2, 0.25) is 5.91 Å². The van der Waals surface area contributed by atoms with Gasteiger partial charge in [0.15, 0.2) is 0 Å². The van der Waals surface area contributed by atoms with Crippen molar-refractivity contribution in [3.8, 4) is 0 Å². The Bertz CT molecular complexity index is 644. The fraction of sp³-hybridized carbons (Fsp3) is 0.389. The molecule has 2 heterocycles. The van der Waals surface area contributed by atoms with Gasteiger partial charge in [-0.1, -0.05) is 37.3 Å². The Hall–Kier alpha value is -2.03. The standard InChI is InChI=1S/C18H22N2O/c1-4-16(21)20-13(3)10-15-12(2)11-19-17(15)18(20)14-8-6-5-7-9-14/h5-9,11,13,18-19H,4,10H2,1-3H3/t13-,18-/m0/s1. The molecule has 21 heavy (non-hydrogen) atoms. The maximum absolute atomic E-state index is 12.5. The SMILES string of the molecule is CCC(=O)N1[C@@H](c2ccccc2)c2[nH]cc(C)c2C[C@@H]1C. The third-order valence-corrected chi connectivity index (χ3v) is 4.48. The molecule has 0 saturated carbocycles. The van der Waals surface area contributed by atoms with Crippen molar-refractivity contribution >= 4 is 5.91 Å². The van der Waals surface area contributed by atoms with E-state index in [1.54, 1.807) is 0 Å². The molecule has 3 heteroatoms. The summed E-state index contributed by atoms with van der Waals surface area (Å²) >= 11 is 0. The van der Waals surface area contributed by atoms with Gasteiger partial charge in [0.05, 0.1) is 6.04 Å². The van der Waals surface area contributed by atoms with E-state index in [0.717, 1.165) is 6.42 Å². The molecule has 0 fully saturated rings. The quantitative estimate of drug-likeness (QED) is 0.897. The van der Waals surface area contributed by atoms with Crippen molar-refractivity contribution in [3.63, 3.8) is 0 Å². The van der Waals surface area contributed by atoms with Crippen LogP contribution in [0.15, 0.2) is 36.5 Å². The van der Waals surface area contributed by atoms with Crippen LogP contribution in [0, 0.1) is 6.92 Å². The second-order valence-corrected chi connectivity index (χ2v) is 5.88. The van der Waals surface area contributed by atoms with E-state index < -0.39 is 0 Å². The molecule has 0 aliphatic carbocycles. The number of rotatable bonds is 2. The highest BCUT2D eigenvalue weighted by Gasteiger charge is 2.37. The van der Waals surface area contributed by atoms with Crippen LogP contribution in [-0.4, -0.2) is 21.8 Å². The molecule has 0 saturated heterocycles. The van der Waals surface area contributed by atoms with Crippen molar-refractivity contribution in [1.82, 2.24) is 9.88 Å². The molecule has 3 nitrogen and oxygen atoms in total. The van der Waals surface area contributed by atoms with Gasteiger partial charge in [0.1, 0.15) is 0 Å². The number of carbonyl (C=O) groups is 1. The molecular formula is C18H22N2O. The molecule has 1 aliphatic rings. The molecule has 0 bridgehead atoms. The third kappa shape index (κ3) is 2.27. The second kappa shape index (κ2) is 5.40. The van der Waals surface area contributed by atoms with E-state index >= 15 is 0 Å². The molecule has 110 valence electrons. The van der Waals surface area contributed by atoms with Gasteiger partial charge in [-0.2, -0.15) is 0 Å². The molecule has 2 aromatic rings. The minimum atomic E-state index is 0.00565. The van der Waals surface area contributed by atoms with Gasteiger partial charge >= 0.3 is 0 Å². The number of aromatic nitrogens is 1. The lowest BCUT2D eigenvalue weighted by molar-refractivity contribution is -0.135. The highest BCUT2D eigenvalue weighted by molar-refractivity contribution is 5.78. The number of carbonyl (C=O) groups excluding carboxylic acids is 1. The maximum Gasteiger partial charge on any atom is 0.223 e. The normalized spacial score (nSPS) is 21.2. The Kier molecular flexibility index (Phi) is 3.58. The van der Waals surface area contributed by atoms with Crippen LogP contribution < -0.4 is 0 Å². The Morgan fingerprint density at radius 2 is 2.05 bits per heavy atom. The molecule has 1 aromatic heterocycles. The molecular weight excluding hydrogens is 260 g/mol. The number of fused-ring (bicyclic) bond motifs is 1. The lowest BCUT2D eigenvalue weighted by Gasteiger charge is -2.41. The zero-order valence-electron chi connectivity index (χ0n) is 12.9. The van der Waals surface area contributed by atoms with E-state index in [0.29, 0.717) is 6.42 Å². The summed E-state index contributed by atoms with van der Waals surface area (Å²) in [5.41, 5.74) is 5.02. The van der Waals surface area contributed by atoms with E-state index in [1.165, 1.54) is 22.4 Å². The largest absolute Gasteiger partial charge is 0.363 e. The van der Waals surface area contributed by atoms with Gasteiger partial charge in [0, 0.05) is 24.4 Å². The zero-order chi connectivity index (χ0) is 15.0. The smallest absolute Gasteiger partial charge is 0.223 e. The van der Waals surface area contributed by atoms with Gasteiger partial charge in [-0.15, -0.1) is 0 Å². The number of nitrogens with zero attached hydrogens (tertiary/aromatic N) is 1. The van der Waals surface area contributed by atoms with Crippen LogP contribution in [0.3, 0.4) is 0 Å². The number of aromatic amines is 1. The van der Waals surface area contributed by atoms with Crippen molar-refractivity contribution in [2.75, 3.05) is 0 Å². The van der Waals surface area contributed by atoms with Crippen molar-refractivity contribution in [2.24, 2.45) is 0 Å². The van der Waals surface area contributed by atoms with Crippen LogP contribution in [0.1, 0.15) is 48.7 Å². The van der Waals surface area contributed by atoms with Crippen LogP contribution in [0.2, 0.25) is 0 Å². The lowest BCUT2D eigenvalue weighted by atomic mass is 9.88.